The third-order valence-corrected chi connectivity index (χ3v) is 4.76. The largest absolute Gasteiger partial charge is 0.264 e. The van der Waals surface area contributed by atoms with Crippen LogP contribution in [0.25, 0.3) is 22.5 Å². The Morgan fingerprint density at radius 3 is 2.59 bits per heavy atom. The van der Waals surface area contributed by atoms with Gasteiger partial charge in [-0.3, -0.25) is 4.98 Å². The van der Waals surface area contributed by atoms with Crippen LogP contribution in [0.3, 0.4) is 0 Å². The molecule has 0 radical (unpaired) electrons. The smallest absolute Gasteiger partial charge is 0.206 e. The van der Waals surface area contributed by atoms with Crippen LogP contribution in [0.15, 0.2) is 42.7 Å². The number of benzene rings is 1. The van der Waals surface area contributed by atoms with E-state index in [-0.39, 0.29) is 0 Å². The van der Waals surface area contributed by atoms with Crippen molar-refractivity contribution in [2.45, 2.75) is 46.1 Å². The first-order valence-electron chi connectivity index (χ1n) is 9.86. The van der Waals surface area contributed by atoms with E-state index in [0.717, 1.165) is 41.2 Å². The van der Waals surface area contributed by atoms with Crippen LogP contribution in [0.2, 0.25) is 0 Å². The fourth-order valence-electron chi connectivity index (χ4n) is 3.24. The fraction of sp³-hybridized carbons (Fsp3) is 0.333. The molecule has 29 heavy (non-hydrogen) atoms. The van der Waals surface area contributed by atoms with Crippen molar-refractivity contribution in [3.8, 4) is 22.5 Å². The predicted molar refractivity (Wildman–Crippen MR) is 110 cm³/mol. The van der Waals surface area contributed by atoms with Gasteiger partial charge in [0, 0.05) is 30.3 Å². The third kappa shape index (κ3) is 4.06. The molecule has 0 amide bonds. The Hall–Kier alpha value is -3.42. The number of aryl methyl sites for hydroxylation is 1. The number of pyridine rings is 1. The molecule has 0 aliphatic carbocycles. The molecule has 3 aromatic heterocycles. The van der Waals surface area contributed by atoms with E-state index in [4.69, 9.17) is 10.1 Å². The van der Waals surface area contributed by atoms with E-state index in [1.807, 2.05) is 10.7 Å². The Bertz CT molecular complexity index is 1060. The summed E-state index contributed by atoms with van der Waals surface area (Å²) < 4.78 is 2.03. The van der Waals surface area contributed by atoms with E-state index < -0.39 is 0 Å². The minimum Gasteiger partial charge on any atom is -0.264 e. The maximum atomic E-state index is 4.72. The molecule has 0 saturated heterocycles. The van der Waals surface area contributed by atoms with Crippen molar-refractivity contribution in [3.63, 3.8) is 0 Å². The highest BCUT2D eigenvalue weighted by Gasteiger charge is 2.14. The van der Waals surface area contributed by atoms with Gasteiger partial charge < -0.3 is 0 Å². The second-order valence-electron chi connectivity index (χ2n) is 7.30. The molecule has 0 fully saturated rings. The molecule has 0 aliphatic heterocycles. The first-order chi connectivity index (χ1) is 14.2. The molecule has 0 unspecified atom stereocenters. The van der Waals surface area contributed by atoms with Crippen LogP contribution >= 0.6 is 0 Å². The summed E-state index contributed by atoms with van der Waals surface area (Å²) in [5.41, 5.74) is 4.12. The Kier molecular flexibility index (Phi) is 5.41. The minimum absolute atomic E-state index is 0.324. The number of aromatic nitrogens is 8. The molecular formula is C21H24N8. The van der Waals surface area contributed by atoms with Crippen molar-refractivity contribution in [2.24, 2.45) is 0 Å². The van der Waals surface area contributed by atoms with Crippen LogP contribution in [0.1, 0.15) is 50.3 Å². The molecule has 0 spiro atoms. The summed E-state index contributed by atoms with van der Waals surface area (Å²) >= 11 is 0. The SMILES string of the molecule is CCCc1nc(C(C)C)nn1Cc1ccc(-c2ccncc2-c2nn[nH]n2)cc1. The van der Waals surface area contributed by atoms with Crippen LogP contribution in [-0.4, -0.2) is 40.4 Å². The van der Waals surface area contributed by atoms with Gasteiger partial charge in [0.1, 0.15) is 5.82 Å². The summed E-state index contributed by atoms with van der Waals surface area (Å²) in [5, 5.41) is 19.0. The lowest BCUT2D eigenvalue weighted by Crippen LogP contribution is -2.07. The van der Waals surface area contributed by atoms with E-state index in [0.29, 0.717) is 18.3 Å². The number of tetrazole rings is 1. The number of aromatic amines is 1. The fourth-order valence-corrected chi connectivity index (χ4v) is 3.24. The van der Waals surface area contributed by atoms with E-state index in [1.54, 1.807) is 12.4 Å². The minimum atomic E-state index is 0.324. The Balaban J connectivity index is 1.60. The molecular weight excluding hydrogens is 364 g/mol. The first kappa shape index (κ1) is 18.9. The highest BCUT2D eigenvalue weighted by Crippen LogP contribution is 2.29. The van der Waals surface area contributed by atoms with Crippen molar-refractivity contribution in [1.29, 1.82) is 0 Å². The zero-order valence-electron chi connectivity index (χ0n) is 16.9. The molecule has 0 atom stereocenters. The van der Waals surface area contributed by atoms with Gasteiger partial charge in [0.2, 0.25) is 5.82 Å². The molecule has 4 aromatic rings. The number of hydrogen-bond acceptors (Lipinski definition) is 6. The van der Waals surface area contributed by atoms with E-state index in [1.165, 1.54) is 5.56 Å². The molecule has 3 heterocycles. The number of rotatable bonds is 7. The van der Waals surface area contributed by atoms with Gasteiger partial charge in [-0.25, -0.2) is 9.67 Å². The highest BCUT2D eigenvalue weighted by molar-refractivity contribution is 5.79. The lowest BCUT2D eigenvalue weighted by atomic mass is 10.00. The summed E-state index contributed by atoms with van der Waals surface area (Å²) in [4.78, 5) is 8.93. The van der Waals surface area contributed by atoms with Gasteiger partial charge in [-0.1, -0.05) is 45.0 Å². The van der Waals surface area contributed by atoms with Crippen molar-refractivity contribution in [1.82, 2.24) is 40.4 Å². The van der Waals surface area contributed by atoms with Gasteiger partial charge in [-0.05, 0) is 34.4 Å². The number of H-pyrrole nitrogens is 1. The molecule has 4 rings (SSSR count). The van der Waals surface area contributed by atoms with Crippen molar-refractivity contribution in [2.75, 3.05) is 0 Å². The molecule has 0 bridgehead atoms. The molecule has 1 aromatic carbocycles. The average Bonchev–Trinajstić information content (AvgIpc) is 3.40. The second-order valence-corrected chi connectivity index (χ2v) is 7.30. The molecule has 0 aliphatic rings. The average molecular weight is 388 g/mol. The Morgan fingerprint density at radius 2 is 1.90 bits per heavy atom. The summed E-state index contributed by atoms with van der Waals surface area (Å²) in [6, 6.07) is 10.4. The lowest BCUT2D eigenvalue weighted by molar-refractivity contribution is 0.619. The molecule has 0 saturated carbocycles. The van der Waals surface area contributed by atoms with Crippen molar-refractivity contribution in [3.05, 3.63) is 59.9 Å². The van der Waals surface area contributed by atoms with Gasteiger partial charge in [0.05, 0.1) is 6.54 Å². The van der Waals surface area contributed by atoms with Gasteiger partial charge in [-0.15, -0.1) is 10.2 Å². The van der Waals surface area contributed by atoms with Gasteiger partial charge >= 0.3 is 0 Å². The first-order valence-corrected chi connectivity index (χ1v) is 9.86. The predicted octanol–water partition coefficient (Wildman–Crippen LogP) is 3.64. The molecule has 8 heteroatoms. The third-order valence-electron chi connectivity index (χ3n) is 4.76. The van der Waals surface area contributed by atoms with Crippen LogP contribution in [0, 0.1) is 0 Å². The van der Waals surface area contributed by atoms with E-state index in [2.05, 4.69) is 70.6 Å². The monoisotopic (exact) mass is 388 g/mol. The zero-order valence-corrected chi connectivity index (χ0v) is 16.9. The summed E-state index contributed by atoms with van der Waals surface area (Å²) in [6.45, 7) is 7.13. The highest BCUT2D eigenvalue weighted by atomic mass is 15.5. The summed E-state index contributed by atoms with van der Waals surface area (Å²) in [6.07, 6.45) is 5.51. The van der Waals surface area contributed by atoms with Gasteiger partial charge in [-0.2, -0.15) is 10.3 Å². The topological polar surface area (TPSA) is 98.1 Å². The van der Waals surface area contributed by atoms with Gasteiger partial charge in [0.15, 0.2) is 5.82 Å². The summed E-state index contributed by atoms with van der Waals surface area (Å²) in [7, 11) is 0. The van der Waals surface area contributed by atoms with Crippen molar-refractivity contribution < 1.29 is 0 Å². The number of nitrogens with one attached hydrogen (secondary N) is 1. The number of hydrogen-bond donors (Lipinski definition) is 1. The second kappa shape index (κ2) is 8.30. The van der Waals surface area contributed by atoms with E-state index in [9.17, 15) is 0 Å². The zero-order chi connectivity index (χ0) is 20.2. The van der Waals surface area contributed by atoms with Crippen LogP contribution in [0.4, 0.5) is 0 Å². The van der Waals surface area contributed by atoms with Crippen LogP contribution in [0.5, 0.6) is 0 Å². The molecule has 8 nitrogen and oxygen atoms in total. The summed E-state index contributed by atoms with van der Waals surface area (Å²) in [5.74, 6) is 2.81. The Labute approximate surface area is 169 Å². The van der Waals surface area contributed by atoms with Gasteiger partial charge in [0.25, 0.3) is 0 Å². The normalized spacial score (nSPS) is 11.3. The maximum absolute atomic E-state index is 4.72. The van der Waals surface area contributed by atoms with Crippen LogP contribution < -0.4 is 0 Å². The maximum Gasteiger partial charge on any atom is 0.206 e. The van der Waals surface area contributed by atoms with Crippen LogP contribution in [-0.2, 0) is 13.0 Å². The Morgan fingerprint density at radius 1 is 1.07 bits per heavy atom. The van der Waals surface area contributed by atoms with E-state index >= 15 is 0 Å². The molecule has 148 valence electrons. The molecule has 1 N–H and O–H groups in total. The number of nitrogens with zero attached hydrogens (tertiary/aromatic N) is 7. The van der Waals surface area contributed by atoms with Crippen molar-refractivity contribution >= 4 is 0 Å². The lowest BCUT2D eigenvalue weighted by Gasteiger charge is -2.09. The quantitative estimate of drug-likeness (QED) is 0.519. The standard InChI is InChI=1S/C21H24N8/c1-4-5-19-23-20(14(2)3)26-29(19)13-15-6-8-16(9-7-15)17-10-11-22-12-18(17)21-24-27-28-25-21/h6-12,14H,4-5,13H2,1-3H3,(H,24,25,27,28).